The summed E-state index contributed by atoms with van der Waals surface area (Å²) in [5.74, 6) is 0.0191. The van der Waals surface area contributed by atoms with E-state index in [1.165, 1.54) is 6.42 Å². The average molecular weight is 527 g/mol. The SMILES string of the molecule is CC(C)(C)[Si](C)(C)O[C@H]1C[C@@H](O[Si](C)(C)C(C)(C)C)[C@H](C=O)[C@@H]1C/C=C\CCOC1CCCCO1. The van der Waals surface area contributed by atoms with E-state index in [-0.39, 0.29) is 40.4 Å². The van der Waals surface area contributed by atoms with Crippen LogP contribution in [-0.4, -0.2) is 54.6 Å². The van der Waals surface area contributed by atoms with Crippen LogP contribution >= 0.6 is 0 Å². The lowest BCUT2D eigenvalue weighted by Gasteiger charge is -2.40. The van der Waals surface area contributed by atoms with Crippen LogP contribution in [0.15, 0.2) is 12.2 Å². The van der Waals surface area contributed by atoms with Gasteiger partial charge in [0.2, 0.25) is 0 Å². The molecule has 0 aromatic heterocycles. The van der Waals surface area contributed by atoms with Gasteiger partial charge in [0.1, 0.15) is 6.29 Å². The molecular formula is C28H54O5Si2. The average Bonchev–Trinajstić information content (AvgIpc) is 3.04. The Morgan fingerprint density at radius 2 is 1.49 bits per heavy atom. The molecule has 1 unspecified atom stereocenters. The van der Waals surface area contributed by atoms with Crippen molar-refractivity contribution in [2.45, 2.75) is 135 Å². The van der Waals surface area contributed by atoms with Crippen molar-refractivity contribution in [1.82, 2.24) is 0 Å². The van der Waals surface area contributed by atoms with Gasteiger partial charge >= 0.3 is 0 Å². The van der Waals surface area contributed by atoms with Crippen LogP contribution in [0.2, 0.25) is 36.3 Å². The molecule has 204 valence electrons. The van der Waals surface area contributed by atoms with Gasteiger partial charge in [0.05, 0.1) is 18.8 Å². The fourth-order valence-electron chi connectivity index (χ4n) is 4.44. The van der Waals surface area contributed by atoms with E-state index in [4.69, 9.17) is 18.3 Å². The maximum atomic E-state index is 12.4. The number of hydrogen-bond donors (Lipinski definition) is 0. The van der Waals surface area contributed by atoms with Crippen molar-refractivity contribution in [2.75, 3.05) is 13.2 Å². The van der Waals surface area contributed by atoms with Crippen LogP contribution in [0.3, 0.4) is 0 Å². The Labute approximate surface area is 218 Å². The van der Waals surface area contributed by atoms with Crippen LogP contribution in [0.5, 0.6) is 0 Å². The zero-order valence-corrected chi connectivity index (χ0v) is 26.3. The molecule has 35 heavy (non-hydrogen) atoms. The lowest BCUT2D eigenvalue weighted by atomic mass is 9.91. The Hall–Kier alpha value is -0.316. The van der Waals surface area contributed by atoms with E-state index in [1.807, 2.05) is 0 Å². The highest BCUT2D eigenvalue weighted by atomic mass is 28.4. The second kappa shape index (κ2) is 12.5. The smallest absolute Gasteiger partial charge is 0.192 e. The number of carbonyl (C=O) groups is 1. The van der Waals surface area contributed by atoms with Crippen molar-refractivity contribution >= 4 is 22.9 Å². The molecule has 7 heteroatoms. The van der Waals surface area contributed by atoms with Gasteiger partial charge in [-0.3, -0.25) is 0 Å². The summed E-state index contributed by atoms with van der Waals surface area (Å²) in [6, 6.07) is 0. The van der Waals surface area contributed by atoms with E-state index in [1.54, 1.807) is 0 Å². The van der Waals surface area contributed by atoms with E-state index in [0.717, 1.165) is 45.0 Å². The highest BCUT2D eigenvalue weighted by Crippen LogP contribution is 2.46. The Kier molecular flexibility index (Phi) is 11.0. The summed E-state index contributed by atoms with van der Waals surface area (Å²) < 4.78 is 25.3. The summed E-state index contributed by atoms with van der Waals surface area (Å²) in [4.78, 5) is 12.4. The molecule has 1 saturated heterocycles. The number of carbonyl (C=O) groups excluding carboxylic acids is 1. The third-order valence-corrected chi connectivity index (χ3v) is 17.8. The molecule has 5 nitrogen and oxygen atoms in total. The van der Waals surface area contributed by atoms with Crippen LogP contribution in [0.4, 0.5) is 0 Å². The van der Waals surface area contributed by atoms with E-state index < -0.39 is 16.6 Å². The fraction of sp³-hybridized carbons (Fsp3) is 0.893. The summed E-state index contributed by atoms with van der Waals surface area (Å²) in [6.45, 7) is 24.3. The predicted octanol–water partition coefficient (Wildman–Crippen LogP) is 7.48. The van der Waals surface area contributed by atoms with E-state index in [2.05, 4.69) is 79.9 Å². The van der Waals surface area contributed by atoms with Crippen molar-refractivity contribution in [2.24, 2.45) is 11.8 Å². The van der Waals surface area contributed by atoms with Crippen molar-refractivity contribution in [3.63, 3.8) is 0 Å². The van der Waals surface area contributed by atoms with E-state index in [9.17, 15) is 4.79 Å². The molecule has 0 bridgehead atoms. The molecule has 2 aliphatic rings. The Morgan fingerprint density at radius 3 is 2.00 bits per heavy atom. The second-order valence-electron chi connectivity index (χ2n) is 13.6. The summed E-state index contributed by atoms with van der Waals surface area (Å²) in [6.07, 6.45) is 11.3. The fourth-order valence-corrected chi connectivity index (χ4v) is 7.18. The van der Waals surface area contributed by atoms with Crippen LogP contribution in [0, 0.1) is 11.8 Å². The van der Waals surface area contributed by atoms with Crippen molar-refractivity contribution in [3.05, 3.63) is 12.2 Å². The van der Waals surface area contributed by atoms with Crippen LogP contribution < -0.4 is 0 Å². The minimum absolute atomic E-state index is 0.0398. The highest BCUT2D eigenvalue weighted by Gasteiger charge is 2.51. The lowest BCUT2D eigenvalue weighted by Crippen LogP contribution is -2.45. The zero-order valence-electron chi connectivity index (χ0n) is 24.3. The van der Waals surface area contributed by atoms with Gasteiger partial charge in [0.25, 0.3) is 0 Å². The molecule has 1 aliphatic carbocycles. The third-order valence-electron chi connectivity index (χ3n) is 8.83. The highest BCUT2D eigenvalue weighted by molar-refractivity contribution is 6.74. The first-order valence-corrected chi connectivity index (χ1v) is 19.6. The van der Waals surface area contributed by atoms with Gasteiger partial charge in [-0.25, -0.2) is 0 Å². The number of allylic oxidation sites excluding steroid dienone is 1. The molecule has 0 N–H and O–H groups in total. The maximum Gasteiger partial charge on any atom is 0.192 e. The van der Waals surface area contributed by atoms with Crippen molar-refractivity contribution in [3.8, 4) is 0 Å². The van der Waals surface area contributed by atoms with Gasteiger partial charge in [-0.1, -0.05) is 53.7 Å². The van der Waals surface area contributed by atoms with Crippen LogP contribution in [-0.2, 0) is 23.1 Å². The minimum atomic E-state index is -2.00. The molecule has 0 amide bonds. The molecular weight excluding hydrogens is 472 g/mol. The van der Waals surface area contributed by atoms with Crippen molar-refractivity contribution < 1.29 is 23.1 Å². The molecule has 0 spiro atoms. The predicted molar refractivity (Wildman–Crippen MR) is 150 cm³/mol. The Balaban J connectivity index is 2.08. The molecule has 2 fully saturated rings. The topological polar surface area (TPSA) is 54.0 Å². The number of hydrogen-bond acceptors (Lipinski definition) is 5. The van der Waals surface area contributed by atoms with Gasteiger partial charge in [-0.2, -0.15) is 0 Å². The molecule has 0 aromatic carbocycles. The summed E-state index contributed by atoms with van der Waals surface area (Å²) in [5, 5.41) is 0.233. The number of ether oxygens (including phenoxy) is 2. The van der Waals surface area contributed by atoms with E-state index in [0.29, 0.717) is 6.61 Å². The van der Waals surface area contributed by atoms with Gasteiger partial charge in [0, 0.05) is 12.5 Å². The standard InChI is InChI=1S/C28H54O5Si2/c1-27(2,3)34(7,8)32-24-20-25(33-35(9,10)28(4,5)6)23(21-29)22(24)16-12-11-14-18-30-26-17-13-15-19-31-26/h11-12,21-26H,13-20H2,1-10H3/b12-11-/t22-,23+,24-,25+,26?/m0/s1. The first-order chi connectivity index (χ1) is 16.1. The summed E-state index contributed by atoms with van der Waals surface area (Å²) in [7, 11) is -3.97. The molecule has 1 saturated carbocycles. The number of aldehydes is 1. The largest absolute Gasteiger partial charge is 0.414 e. The zero-order chi connectivity index (χ0) is 26.5. The Bertz CT molecular complexity index is 686. The first kappa shape index (κ1) is 30.9. The Morgan fingerprint density at radius 1 is 0.886 bits per heavy atom. The lowest BCUT2D eigenvalue weighted by molar-refractivity contribution is -0.161. The minimum Gasteiger partial charge on any atom is -0.414 e. The van der Waals surface area contributed by atoms with Crippen LogP contribution in [0.1, 0.15) is 80.1 Å². The van der Waals surface area contributed by atoms with E-state index >= 15 is 0 Å². The van der Waals surface area contributed by atoms with Crippen molar-refractivity contribution in [1.29, 1.82) is 0 Å². The second-order valence-corrected chi connectivity index (χ2v) is 23.1. The molecule has 0 aromatic rings. The molecule has 0 radical (unpaired) electrons. The van der Waals surface area contributed by atoms with Crippen LogP contribution in [0.25, 0.3) is 0 Å². The third kappa shape index (κ3) is 8.61. The molecule has 5 atom stereocenters. The van der Waals surface area contributed by atoms with Gasteiger partial charge < -0.3 is 23.1 Å². The number of rotatable bonds is 11. The van der Waals surface area contributed by atoms with Gasteiger partial charge in [-0.15, -0.1) is 0 Å². The summed E-state index contributed by atoms with van der Waals surface area (Å²) in [5.41, 5.74) is 0. The molecule has 1 heterocycles. The normalized spacial score (nSPS) is 29.1. The first-order valence-electron chi connectivity index (χ1n) is 13.8. The molecule has 1 aliphatic heterocycles. The van der Waals surface area contributed by atoms with Gasteiger partial charge in [-0.05, 0) is 80.7 Å². The maximum absolute atomic E-state index is 12.4. The monoisotopic (exact) mass is 526 g/mol. The van der Waals surface area contributed by atoms with Gasteiger partial charge in [0.15, 0.2) is 22.9 Å². The summed E-state index contributed by atoms with van der Waals surface area (Å²) >= 11 is 0. The molecule has 2 rings (SSSR count). The quantitative estimate of drug-likeness (QED) is 0.121.